The van der Waals surface area contributed by atoms with Crippen molar-refractivity contribution in [2.24, 2.45) is 5.92 Å². The Bertz CT molecular complexity index is 715. The minimum atomic E-state index is 0.172. The molecular formula is C15H21N5O. The minimum Gasteiger partial charge on any atom is -0.383 e. The number of nitrogens with two attached hydrogens (primary N) is 1. The fraction of sp³-hybridized carbons (Fsp3) is 0.533. The summed E-state index contributed by atoms with van der Waals surface area (Å²) >= 11 is 0. The first-order chi connectivity index (χ1) is 9.99. The maximum atomic E-state index is 11.7. The monoisotopic (exact) mass is 287 g/mol. The van der Waals surface area contributed by atoms with Gasteiger partial charge in [0.15, 0.2) is 0 Å². The molecule has 1 aliphatic rings. The van der Waals surface area contributed by atoms with E-state index in [4.69, 9.17) is 5.73 Å². The quantitative estimate of drug-likeness (QED) is 0.891. The lowest BCUT2D eigenvalue weighted by molar-refractivity contribution is -0.122. The maximum Gasteiger partial charge on any atom is 0.223 e. The average Bonchev–Trinajstić information content (AvgIpc) is 3.22. The molecule has 0 unspecified atom stereocenters. The van der Waals surface area contributed by atoms with E-state index in [0.717, 1.165) is 35.1 Å². The highest BCUT2D eigenvalue weighted by molar-refractivity contribution is 5.91. The summed E-state index contributed by atoms with van der Waals surface area (Å²) in [5.41, 5.74) is 9.12. The Labute approximate surface area is 123 Å². The number of rotatable bonds is 4. The summed E-state index contributed by atoms with van der Waals surface area (Å²) in [6.45, 7) is 7.24. The molecule has 0 aliphatic heterocycles. The Balaban J connectivity index is 1.86. The van der Waals surface area contributed by atoms with Crippen LogP contribution in [0.1, 0.15) is 29.9 Å². The first-order valence-corrected chi connectivity index (χ1v) is 7.36. The van der Waals surface area contributed by atoms with Gasteiger partial charge in [-0.1, -0.05) is 0 Å². The molecule has 2 heterocycles. The highest BCUT2D eigenvalue weighted by Gasteiger charge is 2.29. The summed E-state index contributed by atoms with van der Waals surface area (Å²) < 4.78 is 2.11. The van der Waals surface area contributed by atoms with E-state index >= 15 is 0 Å². The van der Waals surface area contributed by atoms with Crippen LogP contribution in [0.15, 0.2) is 0 Å². The summed E-state index contributed by atoms with van der Waals surface area (Å²) in [4.78, 5) is 20.5. The van der Waals surface area contributed by atoms with E-state index in [2.05, 4.69) is 26.8 Å². The Hall–Kier alpha value is -2.11. The standard InChI is InChI=1S/C15H21N5O/c1-8-9(2)20(7-6-17-15(21)11-4-5-11)14-12(8)13(16)18-10(3)19-14/h11H,4-7H2,1-3H3,(H,17,21)(H2,16,18,19). The number of nitrogens with one attached hydrogen (secondary N) is 1. The van der Waals surface area contributed by atoms with Crippen molar-refractivity contribution in [3.05, 3.63) is 17.1 Å². The zero-order valence-corrected chi connectivity index (χ0v) is 12.7. The zero-order chi connectivity index (χ0) is 15.1. The summed E-state index contributed by atoms with van der Waals surface area (Å²) in [6.07, 6.45) is 2.05. The molecule has 0 atom stereocenters. The van der Waals surface area contributed by atoms with Gasteiger partial charge >= 0.3 is 0 Å². The van der Waals surface area contributed by atoms with Crippen molar-refractivity contribution in [3.8, 4) is 0 Å². The van der Waals surface area contributed by atoms with Crippen LogP contribution in [0.25, 0.3) is 11.0 Å². The summed E-state index contributed by atoms with van der Waals surface area (Å²) in [7, 11) is 0. The number of anilines is 1. The largest absolute Gasteiger partial charge is 0.383 e. The number of hydrogen-bond donors (Lipinski definition) is 2. The molecular weight excluding hydrogens is 266 g/mol. The number of fused-ring (bicyclic) bond motifs is 1. The first kappa shape index (κ1) is 13.9. The Morgan fingerprint density at radius 2 is 2.05 bits per heavy atom. The van der Waals surface area contributed by atoms with Crippen LogP contribution >= 0.6 is 0 Å². The minimum absolute atomic E-state index is 0.172. The summed E-state index contributed by atoms with van der Waals surface area (Å²) in [6, 6.07) is 0. The van der Waals surface area contributed by atoms with Gasteiger partial charge in [-0.3, -0.25) is 4.79 Å². The number of amides is 1. The molecule has 3 rings (SSSR count). The number of hydrogen-bond acceptors (Lipinski definition) is 4. The van der Waals surface area contributed by atoms with Crippen LogP contribution in [0.3, 0.4) is 0 Å². The molecule has 21 heavy (non-hydrogen) atoms. The number of carbonyl (C=O) groups excluding carboxylic acids is 1. The highest BCUT2D eigenvalue weighted by Crippen LogP contribution is 2.29. The molecule has 0 bridgehead atoms. The maximum absolute atomic E-state index is 11.7. The van der Waals surface area contributed by atoms with E-state index in [1.807, 2.05) is 13.8 Å². The average molecular weight is 287 g/mol. The van der Waals surface area contributed by atoms with Crippen molar-refractivity contribution in [3.63, 3.8) is 0 Å². The zero-order valence-electron chi connectivity index (χ0n) is 12.7. The molecule has 0 spiro atoms. The van der Waals surface area contributed by atoms with E-state index in [-0.39, 0.29) is 11.8 Å². The van der Waals surface area contributed by atoms with Crippen molar-refractivity contribution in [1.82, 2.24) is 19.9 Å². The molecule has 1 amide bonds. The predicted molar refractivity (Wildman–Crippen MR) is 81.9 cm³/mol. The van der Waals surface area contributed by atoms with Gasteiger partial charge in [-0.2, -0.15) is 0 Å². The van der Waals surface area contributed by atoms with Crippen LogP contribution < -0.4 is 11.1 Å². The van der Waals surface area contributed by atoms with Crippen LogP contribution in [0.4, 0.5) is 5.82 Å². The van der Waals surface area contributed by atoms with Crippen LogP contribution in [0, 0.1) is 26.7 Å². The first-order valence-electron chi connectivity index (χ1n) is 7.36. The van der Waals surface area contributed by atoms with Crippen LogP contribution in [-0.4, -0.2) is 27.0 Å². The lowest BCUT2D eigenvalue weighted by Gasteiger charge is -2.09. The molecule has 1 saturated carbocycles. The van der Waals surface area contributed by atoms with Gasteiger partial charge in [-0.05, 0) is 39.2 Å². The number of aryl methyl sites for hydroxylation is 2. The van der Waals surface area contributed by atoms with E-state index in [1.54, 1.807) is 0 Å². The molecule has 112 valence electrons. The smallest absolute Gasteiger partial charge is 0.223 e. The fourth-order valence-corrected chi connectivity index (χ4v) is 2.73. The third-order valence-corrected chi connectivity index (χ3v) is 4.19. The van der Waals surface area contributed by atoms with Gasteiger partial charge in [0.25, 0.3) is 0 Å². The summed E-state index contributed by atoms with van der Waals surface area (Å²) in [5.74, 6) is 1.61. The Morgan fingerprint density at radius 1 is 1.33 bits per heavy atom. The molecule has 2 aromatic heterocycles. The topological polar surface area (TPSA) is 85.8 Å². The Kier molecular flexibility index (Phi) is 3.31. The molecule has 0 radical (unpaired) electrons. The van der Waals surface area contributed by atoms with E-state index in [0.29, 0.717) is 24.7 Å². The van der Waals surface area contributed by atoms with Gasteiger partial charge < -0.3 is 15.6 Å². The summed E-state index contributed by atoms with van der Waals surface area (Å²) in [5, 5.41) is 3.91. The molecule has 2 aromatic rings. The van der Waals surface area contributed by atoms with Gasteiger partial charge in [0.1, 0.15) is 17.3 Å². The third kappa shape index (κ3) is 2.46. The number of carbonyl (C=O) groups is 1. The lowest BCUT2D eigenvalue weighted by atomic mass is 10.2. The van der Waals surface area contributed by atoms with E-state index in [9.17, 15) is 4.79 Å². The number of aromatic nitrogens is 3. The molecule has 0 aromatic carbocycles. The van der Waals surface area contributed by atoms with Gasteiger partial charge in [0, 0.05) is 24.7 Å². The normalized spacial score (nSPS) is 14.6. The SMILES string of the molecule is Cc1nc(N)c2c(C)c(C)n(CCNC(=O)C3CC3)c2n1. The Morgan fingerprint density at radius 3 is 2.71 bits per heavy atom. The predicted octanol–water partition coefficient (Wildman–Crippen LogP) is 1.46. The van der Waals surface area contributed by atoms with Gasteiger partial charge in [-0.15, -0.1) is 0 Å². The molecule has 3 N–H and O–H groups in total. The van der Waals surface area contributed by atoms with Gasteiger partial charge in [0.05, 0.1) is 5.39 Å². The lowest BCUT2D eigenvalue weighted by Crippen LogP contribution is -2.28. The number of nitrogen functional groups attached to an aromatic ring is 1. The second-order valence-electron chi connectivity index (χ2n) is 5.78. The third-order valence-electron chi connectivity index (χ3n) is 4.19. The van der Waals surface area contributed by atoms with Crippen molar-refractivity contribution in [2.75, 3.05) is 12.3 Å². The fourth-order valence-electron chi connectivity index (χ4n) is 2.73. The van der Waals surface area contributed by atoms with Gasteiger partial charge in [0.2, 0.25) is 5.91 Å². The van der Waals surface area contributed by atoms with Crippen LogP contribution in [-0.2, 0) is 11.3 Å². The van der Waals surface area contributed by atoms with Crippen molar-refractivity contribution in [2.45, 2.75) is 40.2 Å². The van der Waals surface area contributed by atoms with Crippen LogP contribution in [0.2, 0.25) is 0 Å². The van der Waals surface area contributed by atoms with Crippen molar-refractivity contribution < 1.29 is 4.79 Å². The number of nitrogens with zero attached hydrogens (tertiary/aromatic N) is 3. The molecule has 0 saturated heterocycles. The highest BCUT2D eigenvalue weighted by atomic mass is 16.2. The van der Waals surface area contributed by atoms with E-state index < -0.39 is 0 Å². The van der Waals surface area contributed by atoms with Crippen LogP contribution in [0.5, 0.6) is 0 Å². The molecule has 6 nitrogen and oxygen atoms in total. The second-order valence-corrected chi connectivity index (χ2v) is 5.78. The van der Waals surface area contributed by atoms with Gasteiger partial charge in [-0.25, -0.2) is 9.97 Å². The van der Waals surface area contributed by atoms with Crippen molar-refractivity contribution in [1.29, 1.82) is 0 Å². The van der Waals surface area contributed by atoms with E-state index in [1.165, 1.54) is 0 Å². The molecule has 6 heteroatoms. The second kappa shape index (κ2) is 5.02. The van der Waals surface area contributed by atoms with Crippen molar-refractivity contribution >= 4 is 22.8 Å². The molecule has 1 aliphatic carbocycles. The molecule has 1 fully saturated rings.